The third kappa shape index (κ3) is 7.66. The van der Waals surface area contributed by atoms with Crippen LogP contribution in [0.2, 0.25) is 0 Å². The second-order valence-electron chi connectivity index (χ2n) is 9.60. The van der Waals surface area contributed by atoms with E-state index in [2.05, 4.69) is 5.32 Å². The minimum atomic E-state index is -4.15. The number of nitrogens with one attached hydrogen (secondary N) is 1. The predicted molar refractivity (Wildman–Crippen MR) is 151 cm³/mol. The molecule has 0 aromatic heterocycles. The van der Waals surface area contributed by atoms with Crippen LogP contribution in [0.1, 0.15) is 43.4 Å². The number of benzene rings is 3. The Bertz CT molecular complexity index is 1380. The molecule has 1 atom stereocenters. The van der Waals surface area contributed by atoms with Crippen molar-refractivity contribution in [2.24, 2.45) is 0 Å². The van der Waals surface area contributed by atoms with Gasteiger partial charge in [0.15, 0.2) is 0 Å². The van der Waals surface area contributed by atoms with Crippen LogP contribution in [0.3, 0.4) is 0 Å². The number of amides is 2. The fourth-order valence-corrected chi connectivity index (χ4v) is 5.69. The Kier molecular flexibility index (Phi) is 10.2. The molecule has 3 aromatic rings. The maximum atomic E-state index is 14.6. The van der Waals surface area contributed by atoms with Gasteiger partial charge in [0.25, 0.3) is 10.0 Å². The van der Waals surface area contributed by atoms with Gasteiger partial charge in [0.1, 0.15) is 18.4 Å². The summed E-state index contributed by atoms with van der Waals surface area (Å²) in [5.74, 6) is -1.54. The first-order valence-corrected chi connectivity index (χ1v) is 14.4. The van der Waals surface area contributed by atoms with Crippen molar-refractivity contribution in [1.29, 1.82) is 0 Å². The lowest BCUT2D eigenvalue weighted by atomic mass is 10.1. The van der Waals surface area contributed by atoms with Crippen LogP contribution in [0, 0.1) is 19.7 Å². The van der Waals surface area contributed by atoms with E-state index in [4.69, 9.17) is 0 Å². The van der Waals surface area contributed by atoms with Gasteiger partial charge >= 0.3 is 0 Å². The van der Waals surface area contributed by atoms with Gasteiger partial charge in [0, 0.05) is 18.7 Å². The highest BCUT2D eigenvalue weighted by molar-refractivity contribution is 7.92. The van der Waals surface area contributed by atoms with Crippen molar-refractivity contribution in [2.75, 3.05) is 17.4 Å². The SMILES string of the molecule is CCCCNC(=O)[C@@H](C)N(Cc1ccccc1F)C(=O)CN(c1cc(C)cc(C)c1)S(=O)(=O)c1ccccc1. The highest BCUT2D eigenvalue weighted by atomic mass is 32.2. The van der Waals surface area contributed by atoms with Gasteiger partial charge in [-0.3, -0.25) is 13.9 Å². The van der Waals surface area contributed by atoms with E-state index in [9.17, 15) is 22.4 Å². The van der Waals surface area contributed by atoms with Crippen LogP contribution in [-0.2, 0) is 26.2 Å². The largest absolute Gasteiger partial charge is 0.354 e. The van der Waals surface area contributed by atoms with E-state index in [1.807, 2.05) is 26.8 Å². The van der Waals surface area contributed by atoms with E-state index in [1.54, 1.807) is 55.5 Å². The maximum absolute atomic E-state index is 14.6. The van der Waals surface area contributed by atoms with Crippen molar-refractivity contribution < 1.29 is 22.4 Å². The van der Waals surface area contributed by atoms with Crippen LogP contribution < -0.4 is 9.62 Å². The average molecular weight is 554 g/mol. The highest BCUT2D eigenvalue weighted by Gasteiger charge is 2.33. The Hall–Kier alpha value is -3.72. The van der Waals surface area contributed by atoms with Crippen molar-refractivity contribution in [3.8, 4) is 0 Å². The number of carbonyl (C=O) groups is 2. The fourth-order valence-electron chi connectivity index (χ4n) is 4.27. The lowest BCUT2D eigenvalue weighted by Gasteiger charge is -2.32. The number of hydrogen-bond acceptors (Lipinski definition) is 4. The number of hydrogen-bond donors (Lipinski definition) is 1. The first-order chi connectivity index (χ1) is 18.5. The zero-order chi connectivity index (χ0) is 28.6. The van der Waals surface area contributed by atoms with E-state index < -0.39 is 40.2 Å². The topological polar surface area (TPSA) is 86.8 Å². The Labute approximate surface area is 230 Å². The zero-order valence-corrected chi connectivity index (χ0v) is 23.7. The molecule has 0 bridgehead atoms. The lowest BCUT2D eigenvalue weighted by molar-refractivity contribution is -0.139. The summed E-state index contributed by atoms with van der Waals surface area (Å²) in [6.45, 7) is 6.93. The van der Waals surface area contributed by atoms with Crippen molar-refractivity contribution in [3.05, 3.63) is 95.3 Å². The first-order valence-electron chi connectivity index (χ1n) is 13.0. The van der Waals surface area contributed by atoms with Crippen LogP contribution >= 0.6 is 0 Å². The number of halogens is 1. The number of rotatable bonds is 12. The Balaban J connectivity index is 2.03. The quantitative estimate of drug-likeness (QED) is 0.321. The second-order valence-corrected chi connectivity index (χ2v) is 11.5. The zero-order valence-electron chi connectivity index (χ0n) is 22.9. The molecule has 0 aliphatic rings. The Morgan fingerprint density at radius 1 is 0.949 bits per heavy atom. The molecule has 7 nitrogen and oxygen atoms in total. The first kappa shape index (κ1) is 29.8. The number of sulfonamides is 1. The van der Waals surface area contributed by atoms with Crippen LogP contribution in [-0.4, -0.2) is 44.3 Å². The van der Waals surface area contributed by atoms with E-state index >= 15 is 0 Å². The molecule has 0 heterocycles. The van der Waals surface area contributed by atoms with Crippen molar-refractivity contribution >= 4 is 27.5 Å². The number of unbranched alkanes of at least 4 members (excludes halogenated alkanes) is 1. The predicted octanol–water partition coefficient (Wildman–Crippen LogP) is 4.97. The Morgan fingerprint density at radius 3 is 2.18 bits per heavy atom. The molecule has 0 saturated carbocycles. The average Bonchev–Trinajstić information content (AvgIpc) is 2.90. The highest BCUT2D eigenvalue weighted by Crippen LogP contribution is 2.26. The van der Waals surface area contributed by atoms with E-state index in [0.29, 0.717) is 12.2 Å². The number of nitrogens with zero attached hydrogens (tertiary/aromatic N) is 2. The van der Waals surface area contributed by atoms with E-state index in [-0.39, 0.29) is 17.0 Å². The minimum Gasteiger partial charge on any atom is -0.354 e. The normalized spacial score (nSPS) is 12.0. The molecule has 39 heavy (non-hydrogen) atoms. The maximum Gasteiger partial charge on any atom is 0.264 e. The molecule has 0 spiro atoms. The number of aryl methyl sites for hydroxylation is 2. The molecule has 9 heteroatoms. The third-order valence-electron chi connectivity index (χ3n) is 6.40. The third-order valence-corrected chi connectivity index (χ3v) is 8.19. The lowest BCUT2D eigenvalue weighted by Crippen LogP contribution is -2.51. The number of carbonyl (C=O) groups excluding carboxylic acids is 2. The van der Waals surface area contributed by atoms with Crippen LogP contribution in [0.5, 0.6) is 0 Å². The van der Waals surface area contributed by atoms with Gasteiger partial charge in [-0.15, -0.1) is 0 Å². The van der Waals surface area contributed by atoms with E-state index in [1.165, 1.54) is 23.1 Å². The standard InChI is InChI=1S/C30H36FN3O4S/c1-5-6-16-32-30(36)24(4)33(20-25-12-10-11-15-28(25)31)29(35)21-34(26-18-22(2)17-23(3)19-26)39(37,38)27-13-8-7-9-14-27/h7-15,17-19,24H,5-6,16,20-21H2,1-4H3,(H,32,36)/t24-/m1/s1. The van der Waals surface area contributed by atoms with Crippen LogP contribution in [0.25, 0.3) is 0 Å². The summed E-state index contributed by atoms with van der Waals surface area (Å²) in [6.07, 6.45) is 1.66. The van der Waals surface area contributed by atoms with Crippen molar-refractivity contribution in [2.45, 2.75) is 58.0 Å². The molecule has 0 aliphatic heterocycles. The molecular formula is C30H36FN3O4S. The van der Waals surface area contributed by atoms with Gasteiger partial charge in [0.05, 0.1) is 10.6 Å². The summed E-state index contributed by atoms with van der Waals surface area (Å²) in [6, 6.07) is 18.2. The van der Waals surface area contributed by atoms with Gasteiger partial charge in [-0.2, -0.15) is 0 Å². The summed E-state index contributed by atoms with van der Waals surface area (Å²) >= 11 is 0. The van der Waals surface area contributed by atoms with Crippen molar-refractivity contribution in [1.82, 2.24) is 10.2 Å². The summed E-state index contributed by atoms with van der Waals surface area (Å²) in [5.41, 5.74) is 2.22. The van der Waals surface area contributed by atoms with Gasteiger partial charge < -0.3 is 10.2 Å². The van der Waals surface area contributed by atoms with E-state index in [0.717, 1.165) is 28.3 Å². The van der Waals surface area contributed by atoms with Gasteiger partial charge in [-0.05, 0) is 68.7 Å². The molecule has 0 radical (unpaired) electrons. The summed E-state index contributed by atoms with van der Waals surface area (Å²) < 4.78 is 43.3. The summed E-state index contributed by atoms with van der Waals surface area (Å²) in [5, 5.41) is 2.82. The monoisotopic (exact) mass is 553 g/mol. The fraction of sp³-hybridized carbons (Fsp3) is 0.333. The van der Waals surface area contributed by atoms with Crippen LogP contribution in [0.4, 0.5) is 10.1 Å². The Morgan fingerprint density at radius 2 is 1.56 bits per heavy atom. The van der Waals surface area contributed by atoms with Gasteiger partial charge in [-0.1, -0.05) is 55.8 Å². The van der Waals surface area contributed by atoms with Gasteiger partial charge in [-0.25, -0.2) is 12.8 Å². The van der Waals surface area contributed by atoms with Gasteiger partial charge in [0.2, 0.25) is 11.8 Å². The molecule has 0 unspecified atom stereocenters. The summed E-state index contributed by atoms with van der Waals surface area (Å²) in [7, 11) is -4.15. The number of anilines is 1. The van der Waals surface area contributed by atoms with Crippen molar-refractivity contribution in [3.63, 3.8) is 0 Å². The molecule has 208 valence electrons. The smallest absolute Gasteiger partial charge is 0.264 e. The molecule has 2 amide bonds. The molecule has 3 aromatic carbocycles. The summed E-state index contributed by atoms with van der Waals surface area (Å²) in [4.78, 5) is 28.1. The molecular weight excluding hydrogens is 517 g/mol. The second kappa shape index (κ2) is 13.4. The molecule has 0 fully saturated rings. The molecule has 1 N–H and O–H groups in total. The molecule has 0 saturated heterocycles. The molecule has 3 rings (SSSR count). The minimum absolute atomic E-state index is 0.0305. The molecule has 0 aliphatic carbocycles. The van der Waals surface area contributed by atoms with Crippen LogP contribution in [0.15, 0.2) is 77.7 Å².